The molecule has 1 atom stereocenters. The Bertz CT molecular complexity index is 1060. The maximum absolute atomic E-state index is 13.5. The molecule has 0 spiro atoms. The molecule has 1 aliphatic rings. The minimum absolute atomic E-state index is 0.122. The van der Waals surface area contributed by atoms with Gasteiger partial charge in [-0.1, -0.05) is 30.3 Å². The maximum atomic E-state index is 13.5. The van der Waals surface area contributed by atoms with Crippen molar-refractivity contribution in [2.45, 2.75) is 52.6 Å². The third kappa shape index (κ3) is 5.85. The van der Waals surface area contributed by atoms with Gasteiger partial charge in [-0.05, 0) is 87.5 Å². The Morgan fingerprint density at radius 2 is 1.79 bits per heavy atom. The first-order valence-electron chi connectivity index (χ1n) is 11.9. The van der Waals surface area contributed by atoms with Crippen molar-refractivity contribution in [2.24, 2.45) is 5.41 Å². The van der Waals surface area contributed by atoms with E-state index in [0.29, 0.717) is 0 Å². The monoisotopic (exact) mass is 442 g/mol. The van der Waals surface area contributed by atoms with Gasteiger partial charge in [-0.3, -0.25) is 19.7 Å². The fourth-order valence-corrected chi connectivity index (χ4v) is 4.85. The van der Waals surface area contributed by atoms with E-state index in [1.54, 1.807) is 0 Å². The van der Waals surface area contributed by atoms with Crippen LogP contribution in [0.5, 0.6) is 0 Å². The number of likely N-dealkylation sites (tertiary alicyclic amines) is 1. The van der Waals surface area contributed by atoms with Gasteiger partial charge in [0.25, 0.3) is 0 Å². The van der Waals surface area contributed by atoms with E-state index in [0.717, 1.165) is 61.4 Å². The third-order valence-electron chi connectivity index (χ3n) is 6.40. The number of hydrogen-bond donors (Lipinski definition) is 1. The van der Waals surface area contributed by atoms with Crippen LogP contribution in [-0.4, -0.2) is 39.9 Å². The van der Waals surface area contributed by atoms with Gasteiger partial charge in [0.15, 0.2) is 0 Å². The van der Waals surface area contributed by atoms with Crippen LogP contribution in [0.2, 0.25) is 0 Å². The average Bonchev–Trinajstić information content (AvgIpc) is 2.80. The van der Waals surface area contributed by atoms with E-state index < -0.39 is 5.41 Å². The van der Waals surface area contributed by atoms with E-state index in [1.807, 2.05) is 51.4 Å². The summed E-state index contributed by atoms with van der Waals surface area (Å²) >= 11 is 0. The van der Waals surface area contributed by atoms with E-state index in [-0.39, 0.29) is 11.9 Å². The highest BCUT2D eigenvalue weighted by atomic mass is 16.2. The van der Waals surface area contributed by atoms with Crippen LogP contribution in [0, 0.1) is 12.3 Å². The van der Waals surface area contributed by atoms with E-state index >= 15 is 0 Å². The predicted octanol–water partition coefficient (Wildman–Crippen LogP) is 4.80. The van der Waals surface area contributed by atoms with Crippen LogP contribution in [0.1, 0.15) is 43.6 Å². The van der Waals surface area contributed by atoms with Gasteiger partial charge in [-0.2, -0.15) is 0 Å². The lowest BCUT2D eigenvalue weighted by molar-refractivity contribution is -0.135. The first-order valence-corrected chi connectivity index (χ1v) is 11.9. The number of aromatic nitrogens is 2. The fourth-order valence-electron chi connectivity index (χ4n) is 4.85. The second-order valence-corrected chi connectivity index (χ2v) is 9.60. The van der Waals surface area contributed by atoms with Crippen molar-refractivity contribution in [3.05, 3.63) is 83.9 Å². The van der Waals surface area contributed by atoms with Gasteiger partial charge in [0.05, 0.1) is 11.1 Å². The minimum Gasteiger partial charge on any atom is -0.353 e. The maximum Gasteiger partial charge on any atom is 0.228 e. The van der Waals surface area contributed by atoms with E-state index in [4.69, 9.17) is 0 Å². The summed E-state index contributed by atoms with van der Waals surface area (Å²) in [5, 5.41) is 3.22. The molecule has 5 nitrogen and oxygen atoms in total. The molecule has 1 fully saturated rings. The second kappa shape index (κ2) is 10.3. The van der Waals surface area contributed by atoms with Gasteiger partial charge in [0.1, 0.15) is 0 Å². The lowest BCUT2D eigenvalue weighted by atomic mass is 9.74. The van der Waals surface area contributed by atoms with Gasteiger partial charge in [0.2, 0.25) is 5.91 Å². The largest absolute Gasteiger partial charge is 0.353 e. The number of hydrogen-bond acceptors (Lipinski definition) is 4. The number of aryl methyl sites for hydroxylation is 1. The molecule has 2 aromatic heterocycles. The van der Waals surface area contributed by atoms with E-state index in [9.17, 15) is 4.79 Å². The number of pyridine rings is 2. The normalized spacial score (nSPS) is 18.9. The molecule has 33 heavy (non-hydrogen) atoms. The molecule has 4 rings (SSSR count). The van der Waals surface area contributed by atoms with Crippen molar-refractivity contribution in [3.63, 3.8) is 0 Å². The van der Waals surface area contributed by atoms with Gasteiger partial charge in [-0.25, -0.2) is 0 Å². The molecule has 0 aliphatic carbocycles. The number of nitrogens with zero attached hydrogens (tertiary/aromatic N) is 3. The molecule has 1 saturated heterocycles. The number of piperidine rings is 1. The highest BCUT2D eigenvalue weighted by molar-refractivity contribution is 5.83. The Balaban J connectivity index is 1.55. The van der Waals surface area contributed by atoms with Crippen LogP contribution in [0.3, 0.4) is 0 Å². The summed E-state index contributed by atoms with van der Waals surface area (Å²) in [5.41, 5.74) is 5.17. The van der Waals surface area contributed by atoms with Crippen molar-refractivity contribution in [1.29, 1.82) is 0 Å². The Morgan fingerprint density at radius 3 is 2.48 bits per heavy atom. The van der Waals surface area contributed by atoms with Crippen molar-refractivity contribution < 1.29 is 4.79 Å². The zero-order chi connectivity index (χ0) is 23.3. The van der Waals surface area contributed by atoms with Crippen molar-refractivity contribution in [1.82, 2.24) is 20.2 Å². The molecule has 5 heteroatoms. The van der Waals surface area contributed by atoms with Crippen LogP contribution in [0.15, 0.2) is 67.0 Å². The zero-order valence-electron chi connectivity index (χ0n) is 19.9. The van der Waals surface area contributed by atoms with E-state index in [1.165, 1.54) is 5.56 Å². The summed E-state index contributed by atoms with van der Waals surface area (Å²) in [5.74, 6) is 0.164. The van der Waals surface area contributed by atoms with Gasteiger partial charge in [-0.15, -0.1) is 0 Å². The summed E-state index contributed by atoms with van der Waals surface area (Å²) in [6.07, 6.45) is 6.27. The number of carbonyl (C=O) groups excluding carboxylic acids is 1. The summed E-state index contributed by atoms with van der Waals surface area (Å²) in [6, 6.07) is 19.0. The summed E-state index contributed by atoms with van der Waals surface area (Å²) in [6.45, 7) is 8.61. The fraction of sp³-hybridized carbons (Fsp3) is 0.393. The molecule has 1 aliphatic heterocycles. The minimum atomic E-state index is -0.440. The standard InChI is InChI=1S/C28H34N4O/c1-21(2)30-27(33)28(14-5-17-32(20-28)19-26-7-4-6-22(3)31-26)18-23-8-10-24(11-9-23)25-12-15-29-16-13-25/h4,6-13,15-16,21H,5,14,17-20H2,1-3H3,(H,30,33). The van der Waals surface area contributed by atoms with Crippen molar-refractivity contribution in [2.75, 3.05) is 13.1 Å². The van der Waals surface area contributed by atoms with Gasteiger partial charge >= 0.3 is 0 Å². The Kier molecular flexibility index (Phi) is 7.19. The molecule has 0 bridgehead atoms. The third-order valence-corrected chi connectivity index (χ3v) is 6.40. The average molecular weight is 443 g/mol. The van der Waals surface area contributed by atoms with Crippen LogP contribution < -0.4 is 5.32 Å². The lowest BCUT2D eigenvalue weighted by Crippen LogP contribution is -2.54. The molecule has 1 aromatic carbocycles. The highest BCUT2D eigenvalue weighted by Crippen LogP contribution is 2.35. The first kappa shape index (κ1) is 23.1. The molecule has 3 aromatic rings. The number of rotatable bonds is 7. The topological polar surface area (TPSA) is 58.1 Å². The van der Waals surface area contributed by atoms with Crippen LogP contribution in [0.4, 0.5) is 0 Å². The first-order chi connectivity index (χ1) is 15.9. The zero-order valence-corrected chi connectivity index (χ0v) is 19.9. The smallest absolute Gasteiger partial charge is 0.228 e. The molecule has 1 N–H and O–H groups in total. The van der Waals surface area contributed by atoms with Crippen molar-refractivity contribution in [3.8, 4) is 11.1 Å². The SMILES string of the molecule is Cc1cccc(CN2CCCC(Cc3ccc(-c4ccncc4)cc3)(C(=O)NC(C)C)C2)n1. The molecule has 0 radical (unpaired) electrons. The van der Waals surface area contributed by atoms with Crippen LogP contribution >= 0.6 is 0 Å². The number of benzene rings is 1. The predicted molar refractivity (Wildman–Crippen MR) is 133 cm³/mol. The molecular formula is C28H34N4O. The van der Waals surface area contributed by atoms with Crippen molar-refractivity contribution >= 4 is 5.91 Å². The van der Waals surface area contributed by atoms with Gasteiger partial charge in [0, 0.05) is 37.2 Å². The quantitative estimate of drug-likeness (QED) is 0.571. The van der Waals surface area contributed by atoms with Crippen LogP contribution in [-0.2, 0) is 17.8 Å². The second-order valence-electron chi connectivity index (χ2n) is 9.60. The molecule has 172 valence electrons. The summed E-state index contributed by atoms with van der Waals surface area (Å²) < 4.78 is 0. The Labute approximate surface area is 197 Å². The Hall–Kier alpha value is -3.05. The van der Waals surface area contributed by atoms with E-state index in [2.05, 4.69) is 56.6 Å². The van der Waals surface area contributed by atoms with Gasteiger partial charge < -0.3 is 5.32 Å². The number of carbonyl (C=O) groups is 1. The molecule has 0 saturated carbocycles. The van der Waals surface area contributed by atoms with Crippen LogP contribution in [0.25, 0.3) is 11.1 Å². The molecular weight excluding hydrogens is 408 g/mol. The summed E-state index contributed by atoms with van der Waals surface area (Å²) in [4.78, 5) is 24.7. The number of amides is 1. The molecule has 3 heterocycles. The molecule has 1 amide bonds. The molecule has 1 unspecified atom stereocenters. The Morgan fingerprint density at radius 1 is 1.06 bits per heavy atom. The summed E-state index contributed by atoms with van der Waals surface area (Å²) in [7, 11) is 0. The lowest BCUT2D eigenvalue weighted by Gasteiger charge is -2.42. The number of nitrogens with one attached hydrogen (secondary N) is 1. The highest BCUT2D eigenvalue weighted by Gasteiger charge is 2.42.